The van der Waals surface area contributed by atoms with Gasteiger partial charge in [0.2, 0.25) is 5.88 Å². The molecule has 18 atom stereocenters. The summed E-state index contributed by atoms with van der Waals surface area (Å²) < 4.78 is 51.1. The minimum atomic E-state index is -1.83. The van der Waals surface area contributed by atoms with Crippen LogP contribution in [-0.4, -0.2) is 178 Å². The maximum Gasteiger partial charge on any atom is 0.311 e. The standard InChI is InChI=1S/C47H80N6O13/c1-14-33-46(10,57)39(54)29(6)49-20-25(2)18-44(8,56)40(66-42-38-32(17-26(3)61-42)53(11)43(65-38)52-34-22-51-35(59-12)23-50-34)27(4)37(28(5)41(55)63-33)64-36-19-45(9,60-13)47(58,30(7)62-36)24-48-21-31-15-16-31/h22-23,25-33,36-40,42,48-49,54,56-58H,14-21,24H2,1-13H3/t25-,26-,27+,28-,29-,30+,32+,33-,36+,37+,38-,39-,40-,42+,44-,45-,46-,47+/m1/s1. The number of hydrogen-bond acceptors (Lipinski definition) is 18. The van der Waals surface area contributed by atoms with Gasteiger partial charge in [0.05, 0.1) is 61.5 Å². The second-order valence-electron chi connectivity index (χ2n) is 20.6. The molecule has 6 N–H and O–H groups in total. The molecule has 376 valence electrons. The molecular formula is C47H80N6O13. The first-order valence-corrected chi connectivity index (χ1v) is 24.0. The zero-order valence-corrected chi connectivity index (χ0v) is 41.4. The van der Waals surface area contributed by atoms with Crippen molar-refractivity contribution < 1.29 is 63.1 Å². The second-order valence-corrected chi connectivity index (χ2v) is 20.6. The fourth-order valence-electron chi connectivity index (χ4n) is 10.5. The van der Waals surface area contributed by atoms with Crippen molar-refractivity contribution in [2.75, 3.05) is 40.9 Å². The number of carbonyl (C=O) groups excluding carboxylic acids is 1. The number of methoxy groups -OCH3 is 2. The summed E-state index contributed by atoms with van der Waals surface area (Å²) in [7, 11) is 4.94. The van der Waals surface area contributed by atoms with Crippen LogP contribution < -0.4 is 15.4 Å². The number of aliphatic hydroxyl groups is 4. The molecule has 0 radical (unpaired) electrons. The maximum absolute atomic E-state index is 14.6. The Balaban J connectivity index is 1.37. The molecular weight excluding hydrogens is 857 g/mol. The molecule has 19 nitrogen and oxygen atoms in total. The molecule has 1 aromatic heterocycles. The fraction of sp³-hybridized carbons (Fsp3) is 0.872. The number of likely N-dealkylation sites (N-methyl/N-ethyl adjacent to an activating group) is 1. The van der Waals surface area contributed by atoms with Crippen LogP contribution in [0.25, 0.3) is 0 Å². The molecule has 5 aliphatic rings. The number of aliphatic imine (C=N–C) groups is 1. The lowest BCUT2D eigenvalue weighted by atomic mass is 9.75. The van der Waals surface area contributed by atoms with E-state index >= 15 is 0 Å². The van der Waals surface area contributed by atoms with Crippen LogP contribution in [0, 0.1) is 23.7 Å². The second kappa shape index (κ2) is 21.0. The summed E-state index contributed by atoms with van der Waals surface area (Å²) >= 11 is 0. The van der Waals surface area contributed by atoms with E-state index in [4.69, 9.17) is 37.9 Å². The van der Waals surface area contributed by atoms with Gasteiger partial charge in [0.15, 0.2) is 24.5 Å². The molecule has 5 heterocycles. The minimum Gasteiger partial charge on any atom is -0.480 e. The van der Waals surface area contributed by atoms with E-state index in [1.807, 2.05) is 39.6 Å². The van der Waals surface area contributed by atoms with Gasteiger partial charge in [-0.2, -0.15) is 4.99 Å². The number of nitrogens with one attached hydrogen (secondary N) is 2. The Morgan fingerprint density at radius 1 is 0.985 bits per heavy atom. The summed E-state index contributed by atoms with van der Waals surface area (Å²) in [5.74, 6) is -1.46. The van der Waals surface area contributed by atoms with E-state index in [9.17, 15) is 25.2 Å². The van der Waals surface area contributed by atoms with Gasteiger partial charge in [-0.25, -0.2) is 9.97 Å². The number of nitrogens with zero attached hydrogens (tertiary/aromatic N) is 4. The number of fused-ring (bicyclic) bond motifs is 1. The summed E-state index contributed by atoms with van der Waals surface area (Å²) in [5, 5.41) is 55.2. The Kier molecular flexibility index (Phi) is 16.8. The molecule has 1 aliphatic carbocycles. The molecule has 4 aliphatic heterocycles. The third-order valence-electron chi connectivity index (χ3n) is 15.1. The summed E-state index contributed by atoms with van der Waals surface area (Å²) in [5.41, 5.74) is -6.01. The molecule has 6 rings (SSSR count). The average Bonchev–Trinajstić information content (AvgIpc) is 4.05. The van der Waals surface area contributed by atoms with Gasteiger partial charge in [0.1, 0.15) is 29.0 Å². The van der Waals surface area contributed by atoms with Crippen LogP contribution in [0.5, 0.6) is 5.88 Å². The molecule has 1 aromatic rings. The zero-order valence-electron chi connectivity index (χ0n) is 41.4. The lowest BCUT2D eigenvalue weighted by Crippen LogP contribution is -2.70. The van der Waals surface area contributed by atoms with Crippen molar-refractivity contribution in [1.29, 1.82) is 0 Å². The van der Waals surface area contributed by atoms with Gasteiger partial charge < -0.3 is 73.9 Å². The van der Waals surface area contributed by atoms with Crippen molar-refractivity contribution in [2.24, 2.45) is 28.7 Å². The van der Waals surface area contributed by atoms with E-state index in [0.29, 0.717) is 36.6 Å². The molecule has 66 heavy (non-hydrogen) atoms. The topological polar surface area (TPSA) is 237 Å². The number of esters is 1. The van der Waals surface area contributed by atoms with Crippen molar-refractivity contribution in [2.45, 2.75) is 198 Å². The van der Waals surface area contributed by atoms with E-state index in [0.717, 1.165) is 19.4 Å². The Bertz CT molecular complexity index is 1790. The van der Waals surface area contributed by atoms with Gasteiger partial charge in [-0.05, 0) is 105 Å². The highest BCUT2D eigenvalue weighted by molar-refractivity contribution is 5.79. The summed E-state index contributed by atoms with van der Waals surface area (Å²) in [6.45, 7) is 19.2. The number of amidine groups is 1. The number of rotatable bonds is 12. The van der Waals surface area contributed by atoms with Crippen molar-refractivity contribution in [1.82, 2.24) is 25.5 Å². The predicted molar refractivity (Wildman–Crippen MR) is 243 cm³/mol. The normalized spacial score (nSPS) is 44.8. The van der Waals surface area contributed by atoms with Crippen LogP contribution in [0.1, 0.15) is 108 Å². The van der Waals surface area contributed by atoms with Crippen LogP contribution in [-0.2, 0) is 38.0 Å². The number of cyclic esters (lactones) is 1. The third kappa shape index (κ3) is 11.3. The summed E-state index contributed by atoms with van der Waals surface area (Å²) in [6.07, 6.45) is -1.96. The van der Waals surface area contributed by atoms with Gasteiger partial charge >= 0.3 is 5.97 Å². The number of aliphatic hydroxyl groups excluding tert-OH is 1. The van der Waals surface area contributed by atoms with Crippen molar-refractivity contribution in [3.05, 3.63) is 12.4 Å². The number of hydrogen-bond donors (Lipinski definition) is 6. The Labute approximate surface area is 391 Å². The molecule has 19 heteroatoms. The van der Waals surface area contributed by atoms with Gasteiger partial charge in [-0.3, -0.25) is 4.79 Å². The van der Waals surface area contributed by atoms with Crippen molar-refractivity contribution >= 4 is 17.8 Å². The molecule has 0 unspecified atom stereocenters. The Hall–Kier alpha value is -2.82. The molecule has 4 saturated heterocycles. The molecule has 0 amide bonds. The first-order valence-electron chi connectivity index (χ1n) is 24.0. The van der Waals surface area contributed by atoms with Crippen molar-refractivity contribution in [3.63, 3.8) is 0 Å². The molecule has 5 fully saturated rings. The lowest BCUT2D eigenvalue weighted by molar-refractivity contribution is -0.335. The molecule has 0 bridgehead atoms. The van der Waals surface area contributed by atoms with Gasteiger partial charge in [0.25, 0.3) is 6.02 Å². The van der Waals surface area contributed by atoms with Gasteiger partial charge in [-0.1, -0.05) is 20.8 Å². The minimum absolute atomic E-state index is 0.0926. The van der Waals surface area contributed by atoms with E-state index < -0.39 is 95.5 Å². The van der Waals surface area contributed by atoms with Crippen LogP contribution in [0.3, 0.4) is 0 Å². The molecule has 0 spiro atoms. The SMILES string of the molecule is CC[C@H]1OC(=O)[C@H](C)[C@@H](O[C@H]2C[C@@](C)(OC)[C@](O)(CNCC3CC3)[C@H](C)O2)[C@H](C)[C@@H](O[C@@H]2O[C@H](C)C[C@H]3[C@H]2OC(=Nc2cnc(OC)cn2)N3C)[C@](C)(O)C[C@@H](C)CN[C@H](C)[C@@H](O)[C@]1(C)O. The van der Waals surface area contributed by atoms with Gasteiger partial charge in [-0.15, -0.1) is 0 Å². The predicted octanol–water partition coefficient (Wildman–Crippen LogP) is 2.82. The highest BCUT2D eigenvalue weighted by atomic mass is 16.7. The molecule has 0 aromatic carbocycles. The lowest BCUT2D eigenvalue weighted by Gasteiger charge is -2.53. The fourth-order valence-corrected chi connectivity index (χ4v) is 10.5. The van der Waals surface area contributed by atoms with E-state index in [1.165, 1.54) is 26.4 Å². The van der Waals surface area contributed by atoms with Crippen LogP contribution >= 0.6 is 0 Å². The highest BCUT2D eigenvalue weighted by Gasteiger charge is 2.59. The first-order chi connectivity index (χ1) is 31.0. The van der Waals surface area contributed by atoms with Crippen LogP contribution in [0.4, 0.5) is 5.82 Å². The Morgan fingerprint density at radius 3 is 2.32 bits per heavy atom. The highest BCUT2D eigenvalue weighted by Crippen LogP contribution is 2.44. The zero-order chi connectivity index (χ0) is 48.5. The maximum atomic E-state index is 14.6. The molecule has 1 saturated carbocycles. The average molecular weight is 937 g/mol. The van der Waals surface area contributed by atoms with Crippen LogP contribution in [0.2, 0.25) is 0 Å². The van der Waals surface area contributed by atoms with Gasteiger partial charge in [0, 0.05) is 39.1 Å². The number of carbonyl (C=O) groups is 1. The van der Waals surface area contributed by atoms with Crippen molar-refractivity contribution in [3.8, 4) is 5.88 Å². The third-order valence-corrected chi connectivity index (χ3v) is 15.1. The quantitative estimate of drug-likeness (QED) is 0.165. The van der Waals surface area contributed by atoms with E-state index in [2.05, 4.69) is 25.6 Å². The largest absolute Gasteiger partial charge is 0.480 e. The number of aromatic nitrogens is 2. The monoisotopic (exact) mass is 937 g/mol. The number of ether oxygens (including phenoxy) is 8. The summed E-state index contributed by atoms with van der Waals surface area (Å²) in [4.78, 5) is 29.7. The summed E-state index contributed by atoms with van der Waals surface area (Å²) in [6, 6.07) is -0.554. The van der Waals surface area contributed by atoms with E-state index in [1.54, 1.807) is 41.7 Å². The van der Waals surface area contributed by atoms with Crippen LogP contribution in [0.15, 0.2) is 17.4 Å². The van der Waals surface area contributed by atoms with E-state index in [-0.39, 0.29) is 43.9 Å². The smallest absolute Gasteiger partial charge is 0.311 e. The Morgan fingerprint density at radius 2 is 1.70 bits per heavy atom. The first kappa shape index (κ1) is 52.5.